The first-order valence-electron chi connectivity index (χ1n) is 7.88. The summed E-state index contributed by atoms with van der Waals surface area (Å²) >= 11 is 0. The molecule has 4 heteroatoms. The van der Waals surface area contributed by atoms with Gasteiger partial charge in [-0.25, -0.2) is 0 Å². The van der Waals surface area contributed by atoms with Gasteiger partial charge >= 0.3 is 0 Å². The number of nitrogens with zero attached hydrogens (tertiary/aromatic N) is 1. The van der Waals surface area contributed by atoms with Gasteiger partial charge < -0.3 is 9.64 Å². The van der Waals surface area contributed by atoms with E-state index in [0.29, 0.717) is 19.8 Å². The second-order valence-corrected chi connectivity index (χ2v) is 5.50. The van der Waals surface area contributed by atoms with Crippen molar-refractivity contribution in [2.45, 2.75) is 45.8 Å². The number of ether oxygens (including phenoxy) is 1. The Morgan fingerprint density at radius 3 is 2.71 bits per heavy atom. The molecule has 1 aliphatic heterocycles. The van der Waals surface area contributed by atoms with Crippen molar-refractivity contribution in [3.8, 4) is 0 Å². The summed E-state index contributed by atoms with van der Waals surface area (Å²) in [5.74, 6) is 0.199. The standard InChI is InChI=1S/C17H26N2O2/c1-4-8-15-17(20)19(11-12-21-5-2)16(18-15)14-10-7-6-9-13(14)3/h6-7,9-10,15-16,18H,4-5,8,11-12H2,1-3H3. The van der Waals surface area contributed by atoms with Crippen LogP contribution in [0.4, 0.5) is 0 Å². The predicted octanol–water partition coefficient (Wildman–Crippen LogP) is 2.63. The van der Waals surface area contributed by atoms with Gasteiger partial charge in [0.25, 0.3) is 0 Å². The molecule has 4 nitrogen and oxygen atoms in total. The van der Waals surface area contributed by atoms with Crippen molar-refractivity contribution in [1.29, 1.82) is 0 Å². The number of benzene rings is 1. The minimum Gasteiger partial charge on any atom is -0.380 e. The molecule has 0 aliphatic carbocycles. The third-order valence-electron chi connectivity index (χ3n) is 3.99. The van der Waals surface area contributed by atoms with E-state index in [1.54, 1.807) is 0 Å². The van der Waals surface area contributed by atoms with E-state index in [1.165, 1.54) is 11.1 Å². The average Bonchev–Trinajstić information content (AvgIpc) is 2.78. The first kappa shape index (κ1) is 16.0. The van der Waals surface area contributed by atoms with E-state index in [9.17, 15) is 4.79 Å². The molecule has 1 fully saturated rings. The molecule has 2 atom stereocenters. The SMILES string of the molecule is CCCC1NC(c2ccccc2C)N(CCOCC)C1=O. The fourth-order valence-electron chi connectivity index (χ4n) is 2.87. The zero-order chi connectivity index (χ0) is 15.2. The number of hydrogen-bond donors (Lipinski definition) is 1. The fraction of sp³-hybridized carbons (Fsp3) is 0.588. The molecule has 2 rings (SSSR count). The fourth-order valence-corrected chi connectivity index (χ4v) is 2.87. The van der Waals surface area contributed by atoms with Gasteiger partial charge in [-0.3, -0.25) is 10.1 Å². The van der Waals surface area contributed by atoms with Crippen LogP contribution in [0.1, 0.15) is 44.0 Å². The molecule has 0 saturated carbocycles. The lowest BCUT2D eigenvalue weighted by molar-refractivity contribution is -0.131. The third-order valence-corrected chi connectivity index (χ3v) is 3.99. The van der Waals surface area contributed by atoms with Crippen LogP contribution in [0, 0.1) is 6.92 Å². The number of carbonyl (C=O) groups excluding carboxylic acids is 1. The van der Waals surface area contributed by atoms with Crippen molar-refractivity contribution < 1.29 is 9.53 Å². The molecule has 1 aromatic carbocycles. The number of rotatable bonds is 7. The second-order valence-electron chi connectivity index (χ2n) is 5.50. The van der Waals surface area contributed by atoms with Crippen LogP contribution in [0.5, 0.6) is 0 Å². The van der Waals surface area contributed by atoms with E-state index >= 15 is 0 Å². The topological polar surface area (TPSA) is 41.6 Å². The maximum Gasteiger partial charge on any atom is 0.241 e. The normalized spacial score (nSPS) is 22.0. The smallest absolute Gasteiger partial charge is 0.241 e. The van der Waals surface area contributed by atoms with Crippen LogP contribution in [0.15, 0.2) is 24.3 Å². The summed E-state index contributed by atoms with van der Waals surface area (Å²) in [6, 6.07) is 8.19. The Hall–Kier alpha value is -1.39. The van der Waals surface area contributed by atoms with E-state index in [0.717, 1.165) is 12.8 Å². The molecule has 21 heavy (non-hydrogen) atoms. The van der Waals surface area contributed by atoms with Crippen molar-refractivity contribution in [2.75, 3.05) is 19.8 Å². The number of aryl methyl sites for hydroxylation is 1. The number of nitrogens with one attached hydrogen (secondary N) is 1. The summed E-state index contributed by atoms with van der Waals surface area (Å²) in [4.78, 5) is 14.5. The van der Waals surface area contributed by atoms with E-state index in [2.05, 4.69) is 31.3 Å². The zero-order valence-electron chi connectivity index (χ0n) is 13.3. The Labute approximate surface area is 127 Å². The minimum atomic E-state index is -0.0683. The number of hydrogen-bond acceptors (Lipinski definition) is 3. The van der Waals surface area contributed by atoms with Gasteiger partial charge in [-0.15, -0.1) is 0 Å². The predicted molar refractivity (Wildman–Crippen MR) is 84.0 cm³/mol. The van der Waals surface area contributed by atoms with Gasteiger partial charge in [0.1, 0.15) is 6.17 Å². The van der Waals surface area contributed by atoms with Crippen LogP contribution in [0.2, 0.25) is 0 Å². The highest BCUT2D eigenvalue weighted by molar-refractivity contribution is 5.84. The lowest BCUT2D eigenvalue weighted by atomic mass is 10.1. The molecule has 1 amide bonds. The maximum atomic E-state index is 12.6. The average molecular weight is 290 g/mol. The highest BCUT2D eigenvalue weighted by atomic mass is 16.5. The molecule has 0 aromatic heterocycles. The number of carbonyl (C=O) groups is 1. The molecule has 1 aromatic rings. The first-order chi connectivity index (χ1) is 10.2. The zero-order valence-corrected chi connectivity index (χ0v) is 13.3. The summed E-state index contributed by atoms with van der Waals surface area (Å²) in [6.45, 7) is 8.09. The van der Waals surface area contributed by atoms with Crippen molar-refractivity contribution in [3.05, 3.63) is 35.4 Å². The van der Waals surface area contributed by atoms with Gasteiger partial charge in [-0.05, 0) is 31.4 Å². The Morgan fingerprint density at radius 1 is 1.29 bits per heavy atom. The highest BCUT2D eigenvalue weighted by Crippen LogP contribution is 2.28. The van der Waals surface area contributed by atoms with Crippen molar-refractivity contribution in [2.24, 2.45) is 0 Å². The van der Waals surface area contributed by atoms with Crippen molar-refractivity contribution in [1.82, 2.24) is 10.2 Å². The Bertz CT molecular complexity index is 476. The summed E-state index contributed by atoms with van der Waals surface area (Å²) in [5.41, 5.74) is 2.39. The Kier molecular flexibility index (Phi) is 5.76. The van der Waals surface area contributed by atoms with Crippen LogP contribution >= 0.6 is 0 Å². The molecule has 0 spiro atoms. The molecule has 0 radical (unpaired) electrons. The summed E-state index contributed by atoms with van der Waals surface area (Å²) in [5, 5.41) is 3.50. The van der Waals surface area contributed by atoms with E-state index < -0.39 is 0 Å². The maximum absolute atomic E-state index is 12.6. The van der Waals surface area contributed by atoms with Gasteiger partial charge in [-0.2, -0.15) is 0 Å². The van der Waals surface area contributed by atoms with Crippen LogP contribution in [-0.2, 0) is 9.53 Å². The quantitative estimate of drug-likeness (QED) is 0.785. The van der Waals surface area contributed by atoms with Gasteiger partial charge in [0.05, 0.1) is 12.6 Å². The molecule has 1 N–H and O–H groups in total. The molecule has 2 unspecified atom stereocenters. The summed E-state index contributed by atoms with van der Waals surface area (Å²) < 4.78 is 5.43. The van der Waals surface area contributed by atoms with Gasteiger partial charge in [0.2, 0.25) is 5.91 Å². The monoisotopic (exact) mass is 290 g/mol. The lowest BCUT2D eigenvalue weighted by Gasteiger charge is -2.25. The van der Waals surface area contributed by atoms with Crippen LogP contribution in [0.25, 0.3) is 0 Å². The molecule has 1 aliphatic rings. The first-order valence-corrected chi connectivity index (χ1v) is 7.88. The molecule has 1 saturated heterocycles. The Balaban J connectivity index is 2.19. The number of amides is 1. The highest BCUT2D eigenvalue weighted by Gasteiger charge is 2.39. The lowest BCUT2D eigenvalue weighted by Crippen LogP contribution is -2.34. The van der Waals surface area contributed by atoms with Gasteiger partial charge in [-0.1, -0.05) is 37.6 Å². The second kappa shape index (κ2) is 7.57. The third kappa shape index (κ3) is 3.63. The van der Waals surface area contributed by atoms with E-state index in [4.69, 9.17) is 4.74 Å². The molecular formula is C17H26N2O2. The van der Waals surface area contributed by atoms with Gasteiger partial charge in [0, 0.05) is 13.2 Å². The molecule has 116 valence electrons. The van der Waals surface area contributed by atoms with Gasteiger partial charge in [0.15, 0.2) is 0 Å². The van der Waals surface area contributed by atoms with Crippen LogP contribution < -0.4 is 5.32 Å². The largest absolute Gasteiger partial charge is 0.380 e. The van der Waals surface area contributed by atoms with Crippen molar-refractivity contribution in [3.63, 3.8) is 0 Å². The van der Waals surface area contributed by atoms with Crippen LogP contribution in [-0.4, -0.2) is 36.6 Å². The van der Waals surface area contributed by atoms with E-state index in [-0.39, 0.29) is 18.1 Å². The minimum absolute atomic E-state index is 0.0318. The van der Waals surface area contributed by atoms with E-state index in [1.807, 2.05) is 24.0 Å². The molecule has 0 bridgehead atoms. The van der Waals surface area contributed by atoms with Crippen LogP contribution in [0.3, 0.4) is 0 Å². The Morgan fingerprint density at radius 2 is 2.05 bits per heavy atom. The molecule has 1 heterocycles. The molecular weight excluding hydrogens is 264 g/mol. The summed E-state index contributed by atoms with van der Waals surface area (Å²) in [6.07, 6.45) is 1.85. The summed E-state index contributed by atoms with van der Waals surface area (Å²) in [7, 11) is 0. The van der Waals surface area contributed by atoms with Crippen molar-refractivity contribution >= 4 is 5.91 Å².